The maximum atomic E-state index is 11.9. The van der Waals surface area contributed by atoms with Gasteiger partial charge in [0, 0.05) is 11.8 Å². The molecule has 0 saturated heterocycles. The monoisotopic (exact) mass is 364 g/mol. The van der Waals surface area contributed by atoms with Gasteiger partial charge in [-0.15, -0.1) is 0 Å². The van der Waals surface area contributed by atoms with Crippen LogP contribution in [0.1, 0.15) is 124 Å². The van der Waals surface area contributed by atoms with Gasteiger partial charge in [0.1, 0.15) is 5.60 Å². The maximum absolute atomic E-state index is 11.9. The first-order valence-electron chi connectivity index (χ1n) is 11.3. The number of carbonyl (C=O) groups excluding carboxylic acids is 1. The van der Waals surface area contributed by atoms with Crippen LogP contribution in [0.25, 0.3) is 0 Å². The van der Waals surface area contributed by atoms with Gasteiger partial charge < -0.3 is 4.74 Å². The summed E-state index contributed by atoms with van der Waals surface area (Å²) in [7, 11) is 0. The quantitative estimate of drug-likeness (QED) is 0.159. The molecule has 0 N–H and O–H groups in total. The molecule has 26 heavy (non-hydrogen) atoms. The molecule has 1 fully saturated rings. The van der Waals surface area contributed by atoms with Crippen LogP contribution in [0.4, 0.5) is 0 Å². The predicted molar refractivity (Wildman–Crippen MR) is 112 cm³/mol. The molecule has 1 rings (SSSR count). The van der Waals surface area contributed by atoms with E-state index in [0.29, 0.717) is 6.42 Å². The second kappa shape index (κ2) is 12.6. The molecule has 0 aromatic carbocycles. The molecule has 0 bridgehead atoms. The van der Waals surface area contributed by atoms with E-state index in [1.807, 2.05) is 0 Å². The molecule has 1 unspecified atom stereocenters. The Labute approximate surface area is 163 Å². The summed E-state index contributed by atoms with van der Waals surface area (Å²) >= 11 is 0. The van der Waals surface area contributed by atoms with Crippen LogP contribution in [-0.4, -0.2) is 11.6 Å². The molecule has 2 heteroatoms. The Balaban J connectivity index is 1.82. The highest BCUT2D eigenvalue weighted by Crippen LogP contribution is 2.58. The van der Waals surface area contributed by atoms with Gasteiger partial charge >= 0.3 is 5.97 Å². The van der Waals surface area contributed by atoms with Crippen molar-refractivity contribution < 1.29 is 9.53 Å². The van der Waals surface area contributed by atoms with Gasteiger partial charge in [0.05, 0.1) is 0 Å². The number of ether oxygens (including phenoxy) is 1. The van der Waals surface area contributed by atoms with E-state index in [1.165, 1.54) is 70.6 Å². The van der Waals surface area contributed by atoms with E-state index in [0.717, 1.165) is 19.3 Å². The Morgan fingerprint density at radius 2 is 1.27 bits per heavy atom. The molecule has 1 saturated carbocycles. The van der Waals surface area contributed by atoms with Crippen LogP contribution in [0, 0.1) is 5.41 Å². The van der Waals surface area contributed by atoms with Crippen molar-refractivity contribution in [3.05, 3.63) is 12.2 Å². The van der Waals surface area contributed by atoms with E-state index >= 15 is 0 Å². The third kappa shape index (κ3) is 9.78. The summed E-state index contributed by atoms with van der Waals surface area (Å²) in [6.45, 7) is 8.67. The fraction of sp³-hybridized carbons (Fsp3) is 0.875. The average molecular weight is 365 g/mol. The fourth-order valence-corrected chi connectivity index (χ4v) is 3.62. The Morgan fingerprint density at radius 1 is 0.808 bits per heavy atom. The normalized spacial score (nSPS) is 21.2. The lowest BCUT2D eigenvalue weighted by Crippen LogP contribution is -2.21. The molecule has 0 aliphatic heterocycles. The van der Waals surface area contributed by atoms with Gasteiger partial charge in [-0.05, 0) is 45.4 Å². The number of hydrogen-bond acceptors (Lipinski definition) is 2. The molecular formula is C24H44O2. The van der Waals surface area contributed by atoms with E-state index in [-0.39, 0.29) is 17.0 Å². The molecule has 0 radical (unpaired) electrons. The standard InChI is InChI=1S/C24H44O2/c1-5-6-7-8-9-10-11-12-13-14-15-16-17-18-19-20-22(25)26-24(4)21-23(24,2)3/h12-13H,5-11,14-21H2,1-4H3/b13-12-. The second-order valence-corrected chi connectivity index (χ2v) is 9.10. The summed E-state index contributed by atoms with van der Waals surface area (Å²) in [4.78, 5) is 11.9. The number of carbonyl (C=O) groups is 1. The molecule has 1 atom stereocenters. The van der Waals surface area contributed by atoms with Crippen LogP contribution in [0.5, 0.6) is 0 Å². The molecule has 1 aliphatic rings. The minimum atomic E-state index is -0.202. The largest absolute Gasteiger partial charge is 0.459 e. The zero-order valence-corrected chi connectivity index (χ0v) is 18.1. The molecule has 2 nitrogen and oxygen atoms in total. The average Bonchev–Trinajstić information content (AvgIpc) is 3.07. The lowest BCUT2D eigenvalue weighted by molar-refractivity contribution is -0.152. The smallest absolute Gasteiger partial charge is 0.306 e. The second-order valence-electron chi connectivity index (χ2n) is 9.10. The van der Waals surface area contributed by atoms with Crippen molar-refractivity contribution in [1.29, 1.82) is 0 Å². The zero-order valence-electron chi connectivity index (χ0n) is 18.1. The van der Waals surface area contributed by atoms with Crippen LogP contribution < -0.4 is 0 Å². The first-order chi connectivity index (χ1) is 12.4. The number of allylic oxidation sites excluding steroid dienone is 2. The minimum Gasteiger partial charge on any atom is -0.459 e. The van der Waals surface area contributed by atoms with Gasteiger partial charge in [-0.3, -0.25) is 4.79 Å². The van der Waals surface area contributed by atoms with Crippen LogP contribution >= 0.6 is 0 Å². The van der Waals surface area contributed by atoms with Gasteiger partial charge in [-0.1, -0.05) is 84.3 Å². The van der Waals surface area contributed by atoms with Gasteiger partial charge in [0.2, 0.25) is 0 Å². The van der Waals surface area contributed by atoms with Crippen LogP contribution in [0.3, 0.4) is 0 Å². The van der Waals surface area contributed by atoms with Gasteiger partial charge in [0.25, 0.3) is 0 Å². The summed E-state index contributed by atoms with van der Waals surface area (Å²) in [6.07, 6.45) is 23.0. The third-order valence-corrected chi connectivity index (χ3v) is 6.07. The number of hydrogen-bond donors (Lipinski definition) is 0. The number of esters is 1. The van der Waals surface area contributed by atoms with Crippen LogP contribution in [-0.2, 0) is 9.53 Å². The first kappa shape index (κ1) is 23.2. The molecular weight excluding hydrogens is 320 g/mol. The number of unbranched alkanes of at least 4 members (excludes halogenated alkanes) is 11. The van der Waals surface area contributed by atoms with Crippen LogP contribution in [0.15, 0.2) is 12.2 Å². The molecule has 0 heterocycles. The third-order valence-electron chi connectivity index (χ3n) is 6.07. The van der Waals surface area contributed by atoms with E-state index in [1.54, 1.807) is 0 Å². The highest BCUT2D eigenvalue weighted by molar-refractivity contribution is 5.70. The molecule has 0 spiro atoms. The van der Waals surface area contributed by atoms with Gasteiger partial charge in [-0.25, -0.2) is 0 Å². The molecule has 0 amide bonds. The minimum absolute atomic E-state index is 0.00398. The first-order valence-corrected chi connectivity index (χ1v) is 11.3. The Kier molecular flexibility index (Phi) is 11.2. The van der Waals surface area contributed by atoms with Gasteiger partial charge in [0.15, 0.2) is 0 Å². The van der Waals surface area contributed by atoms with Crippen molar-refractivity contribution in [1.82, 2.24) is 0 Å². The number of rotatable bonds is 16. The lowest BCUT2D eigenvalue weighted by Gasteiger charge is -2.16. The summed E-state index contributed by atoms with van der Waals surface area (Å²) in [6, 6.07) is 0. The highest BCUT2D eigenvalue weighted by Gasteiger charge is 2.61. The predicted octanol–water partition coefficient (Wildman–Crippen LogP) is 7.76. The Morgan fingerprint density at radius 3 is 1.77 bits per heavy atom. The molecule has 152 valence electrons. The highest BCUT2D eigenvalue weighted by atomic mass is 16.6. The summed E-state index contributed by atoms with van der Waals surface area (Å²) in [5.41, 5.74) is -0.0306. The summed E-state index contributed by atoms with van der Waals surface area (Å²) < 4.78 is 5.64. The maximum Gasteiger partial charge on any atom is 0.306 e. The van der Waals surface area contributed by atoms with Crippen molar-refractivity contribution in [3.8, 4) is 0 Å². The van der Waals surface area contributed by atoms with Crippen molar-refractivity contribution >= 4 is 5.97 Å². The van der Waals surface area contributed by atoms with E-state index in [9.17, 15) is 4.79 Å². The Bertz CT molecular complexity index is 410. The van der Waals surface area contributed by atoms with E-state index in [2.05, 4.69) is 39.8 Å². The van der Waals surface area contributed by atoms with Crippen molar-refractivity contribution in [2.45, 2.75) is 130 Å². The van der Waals surface area contributed by atoms with E-state index < -0.39 is 0 Å². The van der Waals surface area contributed by atoms with Crippen LogP contribution in [0.2, 0.25) is 0 Å². The van der Waals surface area contributed by atoms with Gasteiger partial charge in [-0.2, -0.15) is 0 Å². The lowest BCUT2D eigenvalue weighted by atomic mass is 10.1. The Hall–Kier alpha value is -0.790. The van der Waals surface area contributed by atoms with Crippen molar-refractivity contribution in [2.75, 3.05) is 0 Å². The summed E-state index contributed by atoms with van der Waals surface area (Å²) in [5.74, 6) is -0.00398. The van der Waals surface area contributed by atoms with Crippen molar-refractivity contribution in [2.24, 2.45) is 5.41 Å². The molecule has 0 aromatic heterocycles. The van der Waals surface area contributed by atoms with Crippen molar-refractivity contribution in [3.63, 3.8) is 0 Å². The topological polar surface area (TPSA) is 26.3 Å². The fourth-order valence-electron chi connectivity index (χ4n) is 3.62. The molecule has 0 aromatic rings. The molecule has 1 aliphatic carbocycles. The van der Waals surface area contributed by atoms with E-state index in [4.69, 9.17) is 4.74 Å². The zero-order chi connectivity index (χ0) is 19.3. The SMILES string of the molecule is CCCCCCCC/C=C\CCCCCCCC(=O)OC1(C)CC1(C)C. The summed E-state index contributed by atoms with van der Waals surface area (Å²) in [5, 5.41) is 0.